The Balaban J connectivity index is 2.37. The molecule has 0 spiro atoms. The molecule has 2 aromatic rings. The topological polar surface area (TPSA) is 180 Å². The number of amides is 2. The van der Waals surface area contributed by atoms with Crippen molar-refractivity contribution in [3.8, 4) is 0 Å². The number of hydrogen-bond donors (Lipinski definition) is 2. The molecular formula is C15H13N5O7. The lowest BCUT2D eigenvalue weighted by molar-refractivity contribution is -0.385. The van der Waals surface area contributed by atoms with Crippen LogP contribution in [0.3, 0.4) is 0 Å². The molecule has 2 amide bonds. The molecule has 12 nitrogen and oxygen atoms in total. The maximum atomic E-state index is 12.2. The number of pyridine rings is 1. The molecular weight excluding hydrogens is 362 g/mol. The van der Waals surface area contributed by atoms with E-state index < -0.39 is 45.0 Å². The van der Waals surface area contributed by atoms with Crippen LogP contribution in [0.1, 0.15) is 15.9 Å². The summed E-state index contributed by atoms with van der Waals surface area (Å²) in [6, 6.07) is 4.81. The number of nitro groups is 2. The number of benzene rings is 1. The smallest absolute Gasteiger partial charge is 0.293 e. The third-order valence-electron chi connectivity index (χ3n) is 3.49. The fraction of sp³-hybridized carbons (Fsp3) is 0.133. The molecule has 0 aliphatic rings. The van der Waals surface area contributed by atoms with Gasteiger partial charge in [-0.25, -0.2) is 0 Å². The van der Waals surface area contributed by atoms with Crippen LogP contribution in [0.4, 0.5) is 17.1 Å². The normalized spacial score (nSPS) is 10.3. The van der Waals surface area contributed by atoms with Gasteiger partial charge >= 0.3 is 0 Å². The maximum absolute atomic E-state index is 12.2. The average molecular weight is 375 g/mol. The standard InChI is InChI=1S/C15H13N5O7/c1-8-2-3-11(12(4-8)20(26)27)17-13(21)7-18-6-9(19(24)25)5-10(14(16)22)15(18)23/h2-6H,7H2,1H3,(H2,16,22)(H,17,21). The summed E-state index contributed by atoms with van der Waals surface area (Å²) in [6.45, 7) is 0.915. The van der Waals surface area contributed by atoms with Gasteiger partial charge in [-0.3, -0.25) is 39.2 Å². The maximum Gasteiger partial charge on any atom is 0.293 e. The van der Waals surface area contributed by atoms with Crippen molar-refractivity contribution in [3.05, 3.63) is 72.2 Å². The Bertz CT molecular complexity index is 1030. The quantitative estimate of drug-likeness (QED) is 0.550. The number of carbonyl (C=O) groups is 2. The predicted octanol–water partition coefficient (Wildman–Crippen LogP) is 0.711. The van der Waals surface area contributed by atoms with Gasteiger partial charge in [0.25, 0.3) is 22.8 Å². The number of anilines is 1. The Labute approximate surface area is 150 Å². The highest BCUT2D eigenvalue weighted by Gasteiger charge is 2.20. The molecule has 0 aliphatic heterocycles. The van der Waals surface area contributed by atoms with Crippen LogP contribution in [0.5, 0.6) is 0 Å². The lowest BCUT2D eigenvalue weighted by Gasteiger charge is -2.09. The number of nitrogens with two attached hydrogens (primary N) is 1. The third kappa shape index (κ3) is 4.31. The van der Waals surface area contributed by atoms with E-state index in [-0.39, 0.29) is 11.4 Å². The van der Waals surface area contributed by atoms with Crippen molar-refractivity contribution >= 4 is 28.9 Å². The third-order valence-corrected chi connectivity index (χ3v) is 3.49. The minimum Gasteiger partial charge on any atom is -0.365 e. The van der Waals surface area contributed by atoms with Crippen LogP contribution in [-0.4, -0.2) is 26.2 Å². The highest BCUT2D eigenvalue weighted by molar-refractivity contribution is 5.94. The zero-order valence-electron chi connectivity index (χ0n) is 13.9. The van der Waals surface area contributed by atoms with Gasteiger partial charge in [-0.05, 0) is 18.6 Å². The molecule has 0 unspecified atom stereocenters. The lowest BCUT2D eigenvalue weighted by Crippen LogP contribution is -2.33. The predicted molar refractivity (Wildman–Crippen MR) is 92.3 cm³/mol. The van der Waals surface area contributed by atoms with Gasteiger partial charge in [0.05, 0.1) is 16.0 Å². The van der Waals surface area contributed by atoms with E-state index in [1.807, 2.05) is 0 Å². The molecule has 2 rings (SSSR count). The minimum absolute atomic E-state index is 0.107. The molecule has 12 heteroatoms. The Kier molecular flexibility index (Phi) is 5.29. The zero-order valence-corrected chi connectivity index (χ0v) is 13.9. The van der Waals surface area contributed by atoms with E-state index in [1.54, 1.807) is 6.92 Å². The monoisotopic (exact) mass is 375 g/mol. The van der Waals surface area contributed by atoms with Crippen molar-refractivity contribution in [2.75, 3.05) is 5.32 Å². The number of rotatable bonds is 6. The van der Waals surface area contributed by atoms with Gasteiger partial charge in [-0.2, -0.15) is 0 Å². The van der Waals surface area contributed by atoms with Crippen LogP contribution >= 0.6 is 0 Å². The van der Waals surface area contributed by atoms with Crippen LogP contribution in [0.2, 0.25) is 0 Å². The summed E-state index contributed by atoms with van der Waals surface area (Å²) in [5.74, 6) is -2.05. The van der Waals surface area contributed by atoms with Crippen molar-refractivity contribution in [2.45, 2.75) is 13.5 Å². The van der Waals surface area contributed by atoms with Crippen LogP contribution in [0.25, 0.3) is 0 Å². The van der Waals surface area contributed by atoms with Gasteiger partial charge in [0.1, 0.15) is 17.8 Å². The van der Waals surface area contributed by atoms with Crippen LogP contribution in [0.15, 0.2) is 35.3 Å². The van der Waals surface area contributed by atoms with Gasteiger partial charge in [0, 0.05) is 12.1 Å². The molecule has 0 saturated heterocycles. The second kappa shape index (κ2) is 7.43. The number of nitrogens with one attached hydrogen (secondary N) is 1. The summed E-state index contributed by atoms with van der Waals surface area (Å²) in [4.78, 5) is 56.1. The van der Waals surface area contributed by atoms with Crippen molar-refractivity contribution in [1.82, 2.24) is 4.57 Å². The lowest BCUT2D eigenvalue weighted by atomic mass is 10.2. The van der Waals surface area contributed by atoms with E-state index in [9.17, 15) is 34.6 Å². The summed E-state index contributed by atoms with van der Waals surface area (Å²) >= 11 is 0. The summed E-state index contributed by atoms with van der Waals surface area (Å²) in [6.07, 6.45) is 0.776. The van der Waals surface area contributed by atoms with Crippen LogP contribution < -0.4 is 16.6 Å². The van der Waals surface area contributed by atoms with E-state index in [0.717, 1.165) is 6.20 Å². The first-order chi connectivity index (χ1) is 12.6. The highest BCUT2D eigenvalue weighted by atomic mass is 16.6. The van der Waals surface area contributed by atoms with Crippen LogP contribution in [0, 0.1) is 27.2 Å². The summed E-state index contributed by atoms with van der Waals surface area (Å²) < 4.78 is 0.633. The molecule has 0 bridgehead atoms. The average Bonchev–Trinajstić information content (AvgIpc) is 2.57. The second-order valence-corrected chi connectivity index (χ2v) is 5.49. The molecule has 0 fully saturated rings. The van der Waals surface area contributed by atoms with Gasteiger partial charge in [-0.1, -0.05) is 6.07 Å². The molecule has 0 radical (unpaired) electrons. The van der Waals surface area contributed by atoms with Gasteiger partial charge in [0.2, 0.25) is 5.91 Å². The fourth-order valence-corrected chi connectivity index (χ4v) is 2.26. The molecule has 1 heterocycles. The molecule has 1 aromatic carbocycles. The first-order valence-corrected chi connectivity index (χ1v) is 7.33. The Morgan fingerprint density at radius 1 is 1.19 bits per heavy atom. The van der Waals surface area contributed by atoms with Crippen molar-refractivity contribution < 1.29 is 19.4 Å². The van der Waals surface area contributed by atoms with Gasteiger partial charge in [0.15, 0.2) is 0 Å². The number of primary amides is 1. The first-order valence-electron chi connectivity index (χ1n) is 7.33. The van der Waals surface area contributed by atoms with Gasteiger partial charge < -0.3 is 11.1 Å². The number of aryl methyl sites for hydroxylation is 1. The molecule has 140 valence electrons. The summed E-state index contributed by atoms with van der Waals surface area (Å²) in [5, 5.41) is 24.3. The zero-order chi connectivity index (χ0) is 20.3. The number of nitro benzene ring substituents is 1. The van der Waals surface area contributed by atoms with E-state index in [4.69, 9.17) is 5.73 Å². The van der Waals surface area contributed by atoms with E-state index in [2.05, 4.69) is 5.32 Å². The highest BCUT2D eigenvalue weighted by Crippen LogP contribution is 2.25. The fourth-order valence-electron chi connectivity index (χ4n) is 2.26. The molecule has 0 saturated carbocycles. The minimum atomic E-state index is -1.19. The first kappa shape index (κ1) is 19.2. The largest absolute Gasteiger partial charge is 0.365 e. The van der Waals surface area contributed by atoms with E-state index in [0.29, 0.717) is 16.2 Å². The molecule has 27 heavy (non-hydrogen) atoms. The molecule has 0 atom stereocenters. The Hall–Kier alpha value is -4.09. The SMILES string of the molecule is Cc1ccc(NC(=O)Cn2cc([N+](=O)[O-])cc(C(N)=O)c2=O)c([N+](=O)[O-])c1. The Morgan fingerprint density at radius 3 is 2.41 bits per heavy atom. The van der Waals surface area contributed by atoms with Crippen LogP contribution in [-0.2, 0) is 11.3 Å². The number of nitrogens with zero attached hydrogens (tertiary/aromatic N) is 3. The molecule has 0 aliphatic carbocycles. The number of hydrogen-bond acceptors (Lipinski definition) is 7. The number of carbonyl (C=O) groups excluding carboxylic acids is 2. The molecule has 3 N–H and O–H groups in total. The summed E-state index contributed by atoms with van der Waals surface area (Å²) in [5.41, 5.74) is 2.89. The van der Waals surface area contributed by atoms with E-state index in [1.165, 1.54) is 18.2 Å². The summed E-state index contributed by atoms with van der Waals surface area (Å²) in [7, 11) is 0. The Morgan fingerprint density at radius 2 is 1.85 bits per heavy atom. The van der Waals surface area contributed by atoms with Crippen molar-refractivity contribution in [3.63, 3.8) is 0 Å². The van der Waals surface area contributed by atoms with E-state index >= 15 is 0 Å². The van der Waals surface area contributed by atoms with Crippen molar-refractivity contribution in [1.29, 1.82) is 0 Å². The molecule has 1 aromatic heterocycles. The number of aromatic nitrogens is 1. The van der Waals surface area contributed by atoms with Crippen molar-refractivity contribution in [2.24, 2.45) is 5.73 Å². The van der Waals surface area contributed by atoms with Gasteiger partial charge in [-0.15, -0.1) is 0 Å². The second-order valence-electron chi connectivity index (χ2n) is 5.49.